The number of amides is 1. The van der Waals surface area contributed by atoms with Crippen molar-refractivity contribution in [2.24, 2.45) is 0 Å². The summed E-state index contributed by atoms with van der Waals surface area (Å²) in [5.41, 5.74) is 1.59. The highest BCUT2D eigenvalue weighted by Crippen LogP contribution is 2.33. The van der Waals surface area contributed by atoms with E-state index in [1.165, 1.54) is 24.1 Å². The van der Waals surface area contributed by atoms with Crippen LogP contribution in [0.25, 0.3) is 5.69 Å². The Labute approximate surface area is 197 Å². The summed E-state index contributed by atoms with van der Waals surface area (Å²) in [5, 5.41) is 4.90. The highest BCUT2D eigenvalue weighted by atomic mass is 35.5. The van der Waals surface area contributed by atoms with Crippen LogP contribution in [0.4, 0.5) is 0 Å². The zero-order valence-corrected chi connectivity index (χ0v) is 19.7. The molecule has 4 rings (SSSR count). The van der Waals surface area contributed by atoms with Crippen LogP contribution in [0.15, 0.2) is 59.8 Å². The minimum atomic E-state index is -3.89. The van der Waals surface area contributed by atoms with E-state index in [0.29, 0.717) is 29.7 Å². The first-order valence-electron chi connectivity index (χ1n) is 10.1. The molecule has 1 aliphatic rings. The number of hydrogen-bond donors (Lipinski definition) is 0. The molecule has 3 aromatic rings. The molecule has 0 unspecified atom stereocenters. The summed E-state index contributed by atoms with van der Waals surface area (Å²) >= 11 is 6.03. The second kappa shape index (κ2) is 9.42. The van der Waals surface area contributed by atoms with Crippen molar-refractivity contribution >= 4 is 27.5 Å². The maximum Gasteiger partial charge on any atom is 0.243 e. The topological polar surface area (TPSA) is 94.0 Å². The van der Waals surface area contributed by atoms with Gasteiger partial charge < -0.3 is 14.4 Å². The van der Waals surface area contributed by atoms with Gasteiger partial charge in [0, 0.05) is 43.5 Å². The number of fused-ring (bicyclic) bond motifs is 1. The van der Waals surface area contributed by atoms with Crippen LogP contribution in [0, 0.1) is 0 Å². The molecule has 0 saturated heterocycles. The van der Waals surface area contributed by atoms with Crippen LogP contribution in [-0.4, -0.2) is 67.2 Å². The Morgan fingerprint density at radius 1 is 1.12 bits per heavy atom. The molecule has 2 heterocycles. The molecule has 1 aromatic heterocycles. The molecule has 0 saturated carbocycles. The second-order valence-corrected chi connectivity index (χ2v) is 10.1. The Bertz CT molecular complexity index is 1280. The van der Waals surface area contributed by atoms with Gasteiger partial charge >= 0.3 is 0 Å². The molecule has 1 amide bonds. The summed E-state index contributed by atoms with van der Waals surface area (Å²) in [6.07, 6.45) is 3.45. The van der Waals surface area contributed by atoms with Gasteiger partial charge in [0.05, 0.1) is 23.3 Å². The Morgan fingerprint density at radius 3 is 2.64 bits per heavy atom. The normalized spacial score (nSPS) is 13.2. The number of halogens is 1. The van der Waals surface area contributed by atoms with Crippen molar-refractivity contribution < 1.29 is 22.7 Å². The molecule has 33 heavy (non-hydrogen) atoms. The van der Waals surface area contributed by atoms with E-state index in [1.807, 2.05) is 12.1 Å². The summed E-state index contributed by atoms with van der Waals surface area (Å²) < 4.78 is 39.5. The maximum absolute atomic E-state index is 13.0. The number of hydrogen-bond acceptors (Lipinski definition) is 6. The second-order valence-electron chi connectivity index (χ2n) is 7.59. The lowest BCUT2D eigenvalue weighted by molar-refractivity contribution is -0.130. The van der Waals surface area contributed by atoms with E-state index in [1.54, 1.807) is 42.3 Å². The van der Waals surface area contributed by atoms with Crippen LogP contribution in [0.3, 0.4) is 0 Å². The molecule has 2 aromatic carbocycles. The van der Waals surface area contributed by atoms with E-state index < -0.39 is 10.0 Å². The van der Waals surface area contributed by atoms with E-state index in [-0.39, 0.29) is 23.9 Å². The van der Waals surface area contributed by atoms with Crippen molar-refractivity contribution in [3.8, 4) is 17.2 Å². The largest absolute Gasteiger partial charge is 0.486 e. The molecule has 0 atom stereocenters. The minimum absolute atomic E-state index is 0.0347. The number of ether oxygens (including phenoxy) is 2. The molecular weight excluding hydrogens is 468 g/mol. The number of carbonyl (C=O) groups excluding carboxylic acids is 1. The van der Waals surface area contributed by atoms with Crippen LogP contribution >= 0.6 is 11.6 Å². The first kappa shape index (κ1) is 23.1. The number of rotatable bonds is 7. The summed E-state index contributed by atoms with van der Waals surface area (Å²) in [6, 6.07) is 11.7. The fraction of sp³-hybridized carbons (Fsp3) is 0.273. The first-order valence-corrected chi connectivity index (χ1v) is 12.0. The van der Waals surface area contributed by atoms with Gasteiger partial charge in [-0.05, 0) is 30.3 Å². The molecule has 0 bridgehead atoms. The van der Waals surface area contributed by atoms with Crippen LogP contribution < -0.4 is 9.47 Å². The Kier molecular flexibility index (Phi) is 6.59. The zero-order valence-electron chi connectivity index (χ0n) is 18.1. The van der Waals surface area contributed by atoms with Gasteiger partial charge in [-0.3, -0.25) is 4.79 Å². The number of likely N-dealkylation sites (N-methyl/N-ethyl adjacent to an activating group) is 2. The van der Waals surface area contributed by atoms with Gasteiger partial charge in [0.2, 0.25) is 15.9 Å². The molecule has 11 heteroatoms. The predicted octanol–water partition coefficient (Wildman–Crippen LogP) is 2.58. The lowest BCUT2D eigenvalue weighted by Crippen LogP contribution is -2.39. The first-order chi connectivity index (χ1) is 15.7. The summed E-state index contributed by atoms with van der Waals surface area (Å²) in [5.74, 6) is 0.516. The number of benzene rings is 2. The number of nitrogens with zero attached hydrogens (tertiary/aromatic N) is 4. The average molecular weight is 491 g/mol. The van der Waals surface area contributed by atoms with E-state index in [0.717, 1.165) is 15.6 Å². The fourth-order valence-electron chi connectivity index (χ4n) is 3.32. The van der Waals surface area contributed by atoms with Crippen molar-refractivity contribution in [3.63, 3.8) is 0 Å². The molecule has 1 aliphatic heterocycles. The number of aromatic nitrogens is 2. The quantitative estimate of drug-likeness (QED) is 0.505. The lowest BCUT2D eigenvalue weighted by atomic mass is 10.3. The molecule has 0 aliphatic carbocycles. The molecular formula is C22H23ClN4O5S. The van der Waals surface area contributed by atoms with Crippen molar-refractivity contribution in [3.05, 3.63) is 65.4 Å². The van der Waals surface area contributed by atoms with Crippen molar-refractivity contribution in [1.82, 2.24) is 19.0 Å². The molecule has 0 N–H and O–H groups in total. The van der Waals surface area contributed by atoms with Gasteiger partial charge in [-0.2, -0.15) is 9.40 Å². The van der Waals surface area contributed by atoms with Crippen LogP contribution in [0.5, 0.6) is 11.5 Å². The molecule has 9 nitrogen and oxygen atoms in total. The molecule has 0 spiro atoms. The third kappa shape index (κ3) is 5.13. The molecule has 0 radical (unpaired) electrons. The van der Waals surface area contributed by atoms with Gasteiger partial charge in [0.1, 0.15) is 13.2 Å². The van der Waals surface area contributed by atoms with Gasteiger partial charge in [-0.25, -0.2) is 13.1 Å². The third-order valence-electron chi connectivity index (χ3n) is 5.13. The third-order valence-corrected chi connectivity index (χ3v) is 7.17. The smallest absolute Gasteiger partial charge is 0.243 e. The predicted molar refractivity (Wildman–Crippen MR) is 122 cm³/mol. The SMILES string of the molecule is CN(Cc1cnn(-c2cccc(Cl)c2)c1)C(=O)CN(C)S(=O)(=O)c1ccc2c(c1)OCCO2. The standard InChI is InChI=1S/C22H23ClN4O5S/c1-25(13-16-12-24-27(14-16)18-5-3-4-17(23)10-18)22(28)15-26(2)33(29,30)19-6-7-20-21(11-19)32-9-8-31-20/h3-7,10-12,14H,8-9,13,15H2,1-2H3. The number of carbonyl (C=O) groups is 1. The van der Waals surface area contributed by atoms with Gasteiger partial charge in [0.25, 0.3) is 0 Å². The van der Waals surface area contributed by atoms with E-state index >= 15 is 0 Å². The van der Waals surface area contributed by atoms with Crippen molar-refractivity contribution in [1.29, 1.82) is 0 Å². The maximum atomic E-state index is 13.0. The van der Waals surface area contributed by atoms with Crippen LogP contribution in [0.1, 0.15) is 5.56 Å². The van der Waals surface area contributed by atoms with E-state index in [9.17, 15) is 13.2 Å². The zero-order chi connectivity index (χ0) is 23.6. The van der Waals surface area contributed by atoms with Gasteiger partial charge in [0.15, 0.2) is 11.5 Å². The van der Waals surface area contributed by atoms with E-state index in [4.69, 9.17) is 21.1 Å². The number of sulfonamides is 1. The van der Waals surface area contributed by atoms with Gasteiger partial charge in [-0.1, -0.05) is 17.7 Å². The average Bonchev–Trinajstić information content (AvgIpc) is 3.27. The highest BCUT2D eigenvalue weighted by molar-refractivity contribution is 7.89. The van der Waals surface area contributed by atoms with Crippen LogP contribution in [0.2, 0.25) is 5.02 Å². The van der Waals surface area contributed by atoms with Crippen molar-refractivity contribution in [2.75, 3.05) is 33.9 Å². The van der Waals surface area contributed by atoms with E-state index in [2.05, 4.69) is 5.10 Å². The fourth-order valence-corrected chi connectivity index (χ4v) is 4.64. The highest BCUT2D eigenvalue weighted by Gasteiger charge is 2.26. The summed E-state index contributed by atoms with van der Waals surface area (Å²) in [4.78, 5) is 14.2. The molecule has 0 fully saturated rings. The lowest BCUT2D eigenvalue weighted by Gasteiger charge is -2.23. The summed E-state index contributed by atoms with van der Waals surface area (Å²) in [7, 11) is -0.904. The summed E-state index contributed by atoms with van der Waals surface area (Å²) in [6.45, 7) is 0.731. The minimum Gasteiger partial charge on any atom is -0.486 e. The Hall–Kier alpha value is -3.08. The van der Waals surface area contributed by atoms with Gasteiger partial charge in [-0.15, -0.1) is 0 Å². The van der Waals surface area contributed by atoms with Crippen LogP contribution in [-0.2, 0) is 21.4 Å². The van der Waals surface area contributed by atoms with Crippen molar-refractivity contribution in [2.45, 2.75) is 11.4 Å². The monoisotopic (exact) mass is 490 g/mol. The Balaban J connectivity index is 1.40. The Morgan fingerprint density at radius 2 is 1.88 bits per heavy atom. The molecule has 174 valence electrons.